The first-order valence-corrected chi connectivity index (χ1v) is 10.2. The summed E-state index contributed by atoms with van der Waals surface area (Å²) in [5.74, 6) is -3.17. The Kier molecular flexibility index (Phi) is 4.48. The molecule has 144 valence electrons. The normalized spacial score (nSPS) is 36.6. The van der Waals surface area contributed by atoms with Gasteiger partial charge in [0.15, 0.2) is 4.33 Å². The number of allylic oxidation sites excluding steroid dienone is 2. The number of hydrogen-bond acceptors (Lipinski definition) is 3. The molecule has 0 spiro atoms. The molecule has 2 fully saturated rings. The number of benzene rings is 1. The molecule has 0 unspecified atom stereocenters. The maximum atomic E-state index is 13.3. The minimum atomic E-state index is -1.94. The predicted molar refractivity (Wildman–Crippen MR) is 107 cm³/mol. The van der Waals surface area contributed by atoms with E-state index < -0.39 is 37.7 Å². The first-order valence-electron chi connectivity index (χ1n) is 7.98. The van der Waals surface area contributed by atoms with E-state index in [-0.39, 0.29) is 15.8 Å². The highest BCUT2D eigenvalue weighted by Gasteiger charge is 2.87. The fraction of sp³-hybridized carbons (Fsp3) is 0.412. The summed E-state index contributed by atoms with van der Waals surface area (Å²) in [6.45, 7) is 2.14. The average molecular weight is 490 g/mol. The third-order valence-electron chi connectivity index (χ3n) is 5.31. The third-order valence-corrected chi connectivity index (χ3v) is 9.57. The van der Waals surface area contributed by atoms with Crippen LogP contribution in [0.4, 0.5) is 5.69 Å². The number of hydrogen-bond donors (Lipinski definition) is 0. The van der Waals surface area contributed by atoms with E-state index in [1.807, 2.05) is 0 Å². The number of para-hydroxylation sites is 2. The summed E-state index contributed by atoms with van der Waals surface area (Å²) < 4.78 is 3.60. The molecular weight excluding hydrogens is 479 g/mol. The lowest BCUT2D eigenvalue weighted by molar-refractivity contribution is -0.123. The summed E-state index contributed by atoms with van der Waals surface area (Å²) in [4.78, 5) is 24.0. The zero-order valence-corrected chi connectivity index (χ0v) is 18.1. The monoisotopic (exact) mass is 487 g/mol. The lowest BCUT2D eigenvalue weighted by Crippen LogP contribution is -2.50. The zero-order chi connectivity index (χ0) is 19.9. The predicted octanol–water partition coefficient (Wildman–Crippen LogP) is 5.04. The number of nitrogens with zero attached hydrogens (tertiary/aromatic N) is 1. The topological polar surface area (TPSA) is 46.6 Å². The quantitative estimate of drug-likeness (QED) is 0.441. The Labute approximate surface area is 185 Å². The van der Waals surface area contributed by atoms with Crippen molar-refractivity contribution in [2.24, 2.45) is 11.8 Å². The van der Waals surface area contributed by atoms with E-state index in [9.17, 15) is 9.59 Å². The van der Waals surface area contributed by atoms with Crippen LogP contribution in [-0.4, -0.2) is 32.5 Å². The van der Waals surface area contributed by atoms with E-state index in [4.69, 9.17) is 74.3 Å². The number of ether oxygens (including phenoxy) is 1. The highest BCUT2D eigenvalue weighted by molar-refractivity contribution is 6.67. The van der Waals surface area contributed by atoms with Crippen LogP contribution in [0.5, 0.6) is 5.75 Å². The van der Waals surface area contributed by atoms with Crippen molar-refractivity contribution in [3.05, 3.63) is 34.3 Å². The second-order valence-corrected chi connectivity index (χ2v) is 9.77. The Bertz CT molecular complexity index is 872. The molecule has 0 radical (unpaired) electrons. The molecule has 1 aliphatic heterocycles. The summed E-state index contributed by atoms with van der Waals surface area (Å²) in [5.41, 5.74) is 0.283. The number of fused-ring (bicyclic) bond motifs is 5. The zero-order valence-electron chi connectivity index (χ0n) is 13.6. The van der Waals surface area contributed by atoms with Crippen molar-refractivity contribution in [2.45, 2.75) is 21.0 Å². The van der Waals surface area contributed by atoms with Crippen LogP contribution in [0.1, 0.15) is 6.92 Å². The molecule has 4 atom stereocenters. The fourth-order valence-corrected chi connectivity index (χ4v) is 7.08. The van der Waals surface area contributed by atoms with Gasteiger partial charge >= 0.3 is 0 Å². The molecule has 10 heteroatoms. The van der Waals surface area contributed by atoms with E-state index >= 15 is 0 Å². The number of amides is 2. The Hall–Kier alpha value is -0.360. The summed E-state index contributed by atoms with van der Waals surface area (Å²) in [5, 5.41) is -0.235. The summed E-state index contributed by atoms with van der Waals surface area (Å²) in [6.07, 6.45) is 0. The second kappa shape index (κ2) is 6.07. The molecule has 1 aromatic rings. The van der Waals surface area contributed by atoms with Gasteiger partial charge in [0, 0.05) is 0 Å². The van der Waals surface area contributed by atoms with Crippen molar-refractivity contribution in [3.8, 4) is 5.75 Å². The van der Waals surface area contributed by atoms with E-state index in [1.54, 1.807) is 31.2 Å². The lowest BCUT2D eigenvalue weighted by Gasteiger charge is -2.34. The molecular formula is C17H11Cl6NO3. The van der Waals surface area contributed by atoms with Gasteiger partial charge in [-0.25, -0.2) is 4.90 Å². The summed E-state index contributed by atoms with van der Waals surface area (Å²) in [7, 11) is 0. The second-order valence-electron chi connectivity index (χ2n) is 6.49. The van der Waals surface area contributed by atoms with Crippen molar-refractivity contribution >= 4 is 87.1 Å². The molecule has 1 saturated carbocycles. The van der Waals surface area contributed by atoms with E-state index in [0.717, 1.165) is 4.90 Å². The van der Waals surface area contributed by atoms with Crippen LogP contribution < -0.4 is 9.64 Å². The Morgan fingerprint density at radius 1 is 0.963 bits per heavy atom. The molecule has 4 rings (SSSR count). The molecule has 2 aliphatic carbocycles. The molecule has 0 N–H and O–H groups in total. The number of anilines is 1. The highest BCUT2D eigenvalue weighted by atomic mass is 35.5. The van der Waals surface area contributed by atoms with E-state index in [2.05, 4.69) is 0 Å². The molecule has 1 heterocycles. The molecule has 3 aliphatic rings. The largest absolute Gasteiger partial charge is 0.492 e. The van der Waals surface area contributed by atoms with Gasteiger partial charge in [-0.1, -0.05) is 58.5 Å². The highest BCUT2D eigenvalue weighted by Crippen LogP contribution is 2.77. The van der Waals surface area contributed by atoms with Gasteiger partial charge in [-0.05, 0) is 19.1 Å². The van der Waals surface area contributed by atoms with Crippen molar-refractivity contribution in [3.63, 3.8) is 0 Å². The van der Waals surface area contributed by atoms with Gasteiger partial charge in [0.05, 0.1) is 34.2 Å². The molecule has 1 saturated heterocycles. The van der Waals surface area contributed by atoms with E-state index in [0.29, 0.717) is 12.4 Å². The average Bonchev–Trinajstić information content (AvgIpc) is 3.00. The first kappa shape index (κ1) is 19.9. The number of rotatable bonds is 3. The van der Waals surface area contributed by atoms with Crippen molar-refractivity contribution < 1.29 is 14.3 Å². The molecule has 1 aromatic carbocycles. The molecule has 4 nitrogen and oxygen atoms in total. The number of halogens is 6. The van der Waals surface area contributed by atoms with Gasteiger partial charge in [-0.3, -0.25) is 9.59 Å². The van der Waals surface area contributed by atoms with Gasteiger partial charge in [-0.15, -0.1) is 23.2 Å². The Balaban J connectivity index is 1.89. The Morgan fingerprint density at radius 3 is 1.93 bits per heavy atom. The molecule has 2 bridgehead atoms. The van der Waals surface area contributed by atoms with Crippen LogP contribution in [0.25, 0.3) is 0 Å². The van der Waals surface area contributed by atoms with Gasteiger partial charge < -0.3 is 4.74 Å². The fourth-order valence-electron chi connectivity index (χ4n) is 4.15. The molecule has 2 amide bonds. The van der Waals surface area contributed by atoms with Crippen LogP contribution in [0, 0.1) is 11.8 Å². The summed E-state index contributed by atoms with van der Waals surface area (Å²) >= 11 is 38.8. The first-order chi connectivity index (χ1) is 12.6. The minimum absolute atomic E-state index is 0.117. The maximum Gasteiger partial charge on any atom is 0.240 e. The third kappa shape index (κ3) is 2.05. The lowest BCUT2D eigenvalue weighted by atomic mass is 9.84. The molecule has 0 aromatic heterocycles. The SMILES string of the molecule is CCOc1ccccc1N1C(=O)[C@@H]2[C@H](C1=O)[C@]1(Cl)C(Cl)=C(Cl)[C@]2(Cl)C1(Cl)Cl. The smallest absolute Gasteiger partial charge is 0.240 e. The van der Waals surface area contributed by atoms with E-state index in [1.165, 1.54) is 0 Å². The Morgan fingerprint density at radius 2 is 1.44 bits per heavy atom. The van der Waals surface area contributed by atoms with Crippen LogP contribution in [0.2, 0.25) is 0 Å². The van der Waals surface area contributed by atoms with Crippen LogP contribution in [-0.2, 0) is 9.59 Å². The van der Waals surface area contributed by atoms with Crippen molar-refractivity contribution in [1.82, 2.24) is 0 Å². The van der Waals surface area contributed by atoms with Crippen molar-refractivity contribution in [2.75, 3.05) is 11.5 Å². The van der Waals surface area contributed by atoms with Crippen LogP contribution in [0.15, 0.2) is 34.3 Å². The van der Waals surface area contributed by atoms with Gasteiger partial charge in [0.2, 0.25) is 11.8 Å². The minimum Gasteiger partial charge on any atom is -0.492 e. The van der Waals surface area contributed by atoms with Gasteiger partial charge in [-0.2, -0.15) is 0 Å². The number of alkyl halides is 4. The maximum absolute atomic E-state index is 13.3. The van der Waals surface area contributed by atoms with Crippen LogP contribution in [0.3, 0.4) is 0 Å². The van der Waals surface area contributed by atoms with Crippen LogP contribution >= 0.6 is 69.6 Å². The molecule has 27 heavy (non-hydrogen) atoms. The number of imide groups is 1. The summed E-state index contributed by atoms with van der Waals surface area (Å²) in [6, 6.07) is 6.66. The number of carbonyl (C=O) groups is 2. The number of carbonyl (C=O) groups excluding carboxylic acids is 2. The van der Waals surface area contributed by atoms with Crippen molar-refractivity contribution in [1.29, 1.82) is 0 Å². The standard InChI is InChI=1S/C17H11Cl6NO3/c1-2-27-8-6-4-3-5-7(8)24-13(25)9-10(14(24)26)16(21)12(19)11(18)15(9,20)17(16,22)23/h3-6,9-10H,2H2,1H3/t9-,10+,15-,16-/m0/s1. The van der Waals surface area contributed by atoms with Gasteiger partial charge in [0.1, 0.15) is 15.5 Å². The van der Waals surface area contributed by atoms with Gasteiger partial charge in [0.25, 0.3) is 0 Å².